The molecule has 0 atom stereocenters. The second-order valence-electron chi connectivity index (χ2n) is 5.69. The summed E-state index contributed by atoms with van der Waals surface area (Å²) in [6.07, 6.45) is -1.15. The van der Waals surface area contributed by atoms with Crippen molar-refractivity contribution in [3.05, 3.63) is 69.7 Å². The van der Waals surface area contributed by atoms with Crippen LogP contribution in [0.3, 0.4) is 0 Å². The van der Waals surface area contributed by atoms with Gasteiger partial charge in [-0.05, 0) is 35.9 Å². The van der Waals surface area contributed by atoms with Gasteiger partial charge in [0.05, 0.1) is 10.0 Å². The van der Waals surface area contributed by atoms with Crippen LogP contribution in [0.15, 0.2) is 42.6 Å². The van der Waals surface area contributed by atoms with Crippen molar-refractivity contribution in [1.29, 1.82) is 0 Å². The highest BCUT2D eigenvalue weighted by molar-refractivity contribution is 6.42. The Morgan fingerprint density at radius 1 is 1.12 bits per heavy atom. The molecule has 1 heterocycles. The molecule has 3 nitrogen and oxygen atoms in total. The lowest BCUT2D eigenvalue weighted by atomic mass is 10.0. The normalized spacial score (nSPS) is 11.2. The lowest BCUT2D eigenvalue weighted by Crippen LogP contribution is -2.03. The molecule has 0 bridgehead atoms. The predicted octanol–water partition coefficient (Wildman–Crippen LogP) is 6.08. The van der Waals surface area contributed by atoms with Crippen LogP contribution < -0.4 is 5.32 Å². The minimum Gasteiger partial charge on any atom is -0.380 e. The first kappa shape index (κ1) is 18.6. The van der Waals surface area contributed by atoms with Crippen LogP contribution in [0, 0.1) is 5.82 Å². The van der Waals surface area contributed by atoms with Crippen molar-refractivity contribution in [2.24, 2.45) is 7.05 Å². The van der Waals surface area contributed by atoms with E-state index >= 15 is 0 Å². The van der Waals surface area contributed by atoms with E-state index in [4.69, 9.17) is 23.2 Å². The van der Waals surface area contributed by atoms with Gasteiger partial charge in [0.1, 0.15) is 11.5 Å². The third-order valence-corrected chi connectivity index (χ3v) is 4.56. The molecule has 3 rings (SSSR count). The third-order valence-electron chi connectivity index (χ3n) is 3.83. The van der Waals surface area contributed by atoms with Gasteiger partial charge in [-0.3, -0.25) is 4.68 Å². The molecular weight excluding hydrogens is 386 g/mol. The van der Waals surface area contributed by atoms with E-state index in [1.165, 1.54) is 23.0 Å². The lowest BCUT2D eigenvalue weighted by Gasteiger charge is -2.13. The van der Waals surface area contributed by atoms with Gasteiger partial charge >= 0.3 is 0 Å². The zero-order valence-electron chi connectivity index (χ0n) is 13.6. The molecule has 0 fully saturated rings. The Hall–Kier alpha value is -2.18. The van der Waals surface area contributed by atoms with E-state index in [1.807, 2.05) is 0 Å². The molecule has 0 aliphatic heterocycles. The van der Waals surface area contributed by atoms with Gasteiger partial charge in [-0.2, -0.15) is 5.10 Å². The van der Waals surface area contributed by atoms with Crippen molar-refractivity contribution < 1.29 is 13.2 Å². The maximum Gasteiger partial charge on any atom is 0.282 e. The van der Waals surface area contributed by atoms with Crippen molar-refractivity contribution in [3.8, 4) is 11.1 Å². The molecule has 136 valence electrons. The molecule has 2 aromatic carbocycles. The monoisotopic (exact) mass is 399 g/mol. The van der Waals surface area contributed by atoms with Crippen LogP contribution in [0.1, 0.15) is 17.7 Å². The smallest absolute Gasteiger partial charge is 0.282 e. The summed E-state index contributed by atoms with van der Waals surface area (Å²) in [4.78, 5) is 0. The number of hydrogen-bond acceptors (Lipinski definition) is 2. The van der Waals surface area contributed by atoms with Gasteiger partial charge < -0.3 is 5.32 Å². The topological polar surface area (TPSA) is 29.9 Å². The molecule has 0 aliphatic rings. The highest BCUT2D eigenvalue weighted by Crippen LogP contribution is 2.34. The predicted molar refractivity (Wildman–Crippen MR) is 97.3 cm³/mol. The Kier molecular flexibility index (Phi) is 5.44. The standard InChI is InChI=1S/C18H14Cl2F3N3/c1-26-9-11(17(25-26)18(22)23)8-24-16-5-3-12(21)7-13(16)10-2-4-14(19)15(20)6-10/h2-7,9,18,24H,8H2,1H3. The molecular formula is C18H14Cl2F3N3. The van der Waals surface area contributed by atoms with Gasteiger partial charge in [0.15, 0.2) is 0 Å². The van der Waals surface area contributed by atoms with Crippen LogP contribution in [0.5, 0.6) is 0 Å². The second-order valence-corrected chi connectivity index (χ2v) is 6.50. The Morgan fingerprint density at radius 3 is 2.58 bits per heavy atom. The fourth-order valence-electron chi connectivity index (χ4n) is 2.64. The van der Waals surface area contributed by atoms with Crippen LogP contribution in [0.25, 0.3) is 11.1 Å². The Labute approximate surface area is 158 Å². The molecule has 0 unspecified atom stereocenters. The van der Waals surface area contributed by atoms with Crippen molar-refractivity contribution in [2.75, 3.05) is 5.32 Å². The number of rotatable bonds is 5. The molecule has 1 N–H and O–H groups in total. The van der Waals surface area contributed by atoms with E-state index < -0.39 is 12.2 Å². The van der Waals surface area contributed by atoms with Crippen molar-refractivity contribution in [2.45, 2.75) is 13.0 Å². The second kappa shape index (κ2) is 7.60. The Morgan fingerprint density at radius 2 is 1.88 bits per heavy atom. The van der Waals surface area contributed by atoms with Crippen LogP contribution in [0.4, 0.5) is 18.9 Å². The first-order valence-corrected chi connectivity index (χ1v) is 8.40. The average Bonchev–Trinajstić information content (AvgIpc) is 2.97. The summed E-state index contributed by atoms with van der Waals surface area (Å²) in [6, 6.07) is 9.14. The van der Waals surface area contributed by atoms with Crippen LogP contribution in [-0.2, 0) is 13.6 Å². The molecule has 8 heteroatoms. The van der Waals surface area contributed by atoms with Gasteiger partial charge in [0.25, 0.3) is 6.43 Å². The number of halogens is 5. The summed E-state index contributed by atoms with van der Waals surface area (Å²) in [5, 5.41) is 7.57. The number of aryl methyl sites for hydroxylation is 1. The summed E-state index contributed by atoms with van der Waals surface area (Å²) in [5.41, 5.74) is 1.87. The first-order valence-electron chi connectivity index (χ1n) is 7.64. The third kappa shape index (κ3) is 3.97. The maximum atomic E-state index is 13.7. The number of anilines is 1. The van der Waals surface area contributed by atoms with Gasteiger partial charge in [-0.1, -0.05) is 29.3 Å². The highest BCUT2D eigenvalue weighted by atomic mass is 35.5. The molecule has 1 aromatic heterocycles. The van der Waals surface area contributed by atoms with Crippen molar-refractivity contribution >= 4 is 28.9 Å². The molecule has 26 heavy (non-hydrogen) atoms. The lowest BCUT2D eigenvalue weighted by molar-refractivity contribution is 0.144. The van der Waals surface area contributed by atoms with E-state index in [2.05, 4.69) is 10.4 Å². The van der Waals surface area contributed by atoms with E-state index in [-0.39, 0.29) is 12.2 Å². The molecule has 0 aliphatic carbocycles. The van der Waals surface area contributed by atoms with Crippen LogP contribution in [0.2, 0.25) is 10.0 Å². The molecule has 3 aromatic rings. The van der Waals surface area contributed by atoms with Crippen molar-refractivity contribution in [1.82, 2.24) is 9.78 Å². The Balaban J connectivity index is 1.92. The first-order chi connectivity index (χ1) is 12.3. The number of hydrogen-bond donors (Lipinski definition) is 1. The molecule has 0 spiro atoms. The van der Waals surface area contributed by atoms with Gasteiger partial charge in [-0.15, -0.1) is 0 Å². The van der Waals surface area contributed by atoms with Gasteiger partial charge in [-0.25, -0.2) is 13.2 Å². The van der Waals surface area contributed by atoms with E-state index in [0.29, 0.717) is 32.4 Å². The molecule has 0 saturated heterocycles. The van der Waals surface area contributed by atoms with Crippen LogP contribution in [-0.4, -0.2) is 9.78 Å². The number of nitrogens with one attached hydrogen (secondary N) is 1. The SMILES string of the molecule is Cn1cc(CNc2ccc(F)cc2-c2ccc(Cl)c(Cl)c2)c(C(F)F)n1. The van der Waals surface area contributed by atoms with Gasteiger partial charge in [0.2, 0.25) is 0 Å². The quantitative estimate of drug-likeness (QED) is 0.562. The fraction of sp³-hybridized carbons (Fsp3) is 0.167. The zero-order chi connectivity index (χ0) is 18.8. The zero-order valence-corrected chi connectivity index (χ0v) is 15.1. The van der Waals surface area contributed by atoms with E-state index in [9.17, 15) is 13.2 Å². The van der Waals surface area contributed by atoms with E-state index in [0.717, 1.165) is 0 Å². The van der Waals surface area contributed by atoms with E-state index in [1.54, 1.807) is 31.3 Å². The minimum atomic E-state index is -2.67. The molecule has 0 radical (unpaired) electrons. The highest BCUT2D eigenvalue weighted by Gasteiger charge is 2.18. The average molecular weight is 400 g/mol. The maximum absolute atomic E-state index is 13.7. The number of nitrogens with zero attached hydrogens (tertiary/aromatic N) is 2. The summed E-state index contributed by atoms with van der Waals surface area (Å²) < 4.78 is 41.2. The van der Waals surface area contributed by atoms with Gasteiger partial charge in [0, 0.05) is 36.6 Å². The Bertz CT molecular complexity index is 941. The largest absolute Gasteiger partial charge is 0.380 e. The summed E-state index contributed by atoms with van der Waals surface area (Å²) in [7, 11) is 1.58. The van der Waals surface area contributed by atoms with Crippen molar-refractivity contribution in [3.63, 3.8) is 0 Å². The number of alkyl halides is 2. The molecule has 0 amide bonds. The van der Waals surface area contributed by atoms with Crippen LogP contribution >= 0.6 is 23.2 Å². The number of benzene rings is 2. The summed E-state index contributed by atoms with van der Waals surface area (Å²) in [5.74, 6) is -0.425. The fourth-order valence-corrected chi connectivity index (χ4v) is 2.94. The number of aromatic nitrogens is 2. The minimum absolute atomic E-state index is 0.119. The summed E-state index contributed by atoms with van der Waals surface area (Å²) >= 11 is 12.0. The molecule has 0 saturated carbocycles. The summed E-state index contributed by atoms with van der Waals surface area (Å²) in [6.45, 7) is 0.119.